The summed E-state index contributed by atoms with van der Waals surface area (Å²) in [5.74, 6) is 0.645. The number of halogens is 1. The van der Waals surface area contributed by atoms with Crippen LogP contribution in [0.1, 0.15) is 54.9 Å². The number of rotatable bonds is 7. The van der Waals surface area contributed by atoms with E-state index in [1.54, 1.807) is 16.9 Å². The largest absolute Gasteiger partial charge is 0.489 e. The second-order valence-electron chi connectivity index (χ2n) is 8.20. The summed E-state index contributed by atoms with van der Waals surface area (Å²) < 4.78 is 7.67. The first-order valence-corrected chi connectivity index (χ1v) is 10.5. The van der Waals surface area contributed by atoms with Crippen molar-refractivity contribution < 1.29 is 9.53 Å². The Kier molecular flexibility index (Phi) is 6.83. The molecule has 6 heteroatoms. The van der Waals surface area contributed by atoms with E-state index in [0.29, 0.717) is 30.3 Å². The second kappa shape index (κ2) is 9.35. The maximum absolute atomic E-state index is 12.6. The van der Waals surface area contributed by atoms with E-state index in [2.05, 4.69) is 43.3 Å². The van der Waals surface area contributed by atoms with E-state index in [4.69, 9.17) is 16.3 Å². The molecule has 0 aliphatic rings. The molecule has 0 bridgehead atoms. The Bertz CT molecular complexity index is 1000. The highest BCUT2D eigenvalue weighted by Crippen LogP contribution is 2.24. The van der Waals surface area contributed by atoms with Gasteiger partial charge in [-0.05, 0) is 47.7 Å². The van der Waals surface area contributed by atoms with Gasteiger partial charge < -0.3 is 10.1 Å². The van der Waals surface area contributed by atoms with Gasteiger partial charge in [0, 0.05) is 12.1 Å². The number of nitrogens with zero attached hydrogens (tertiary/aromatic N) is 2. The van der Waals surface area contributed by atoms with Gasteiger partial charge in [-0.25, -0.2) is 0 Å². The minimum Gasteiger partial charge on any atom is -0.489 e. The summed E-state index contributed by atoms with van der Waals surface area (Å²) in [5, 5.41) is 7.65. The third kappa shape index (κ3) is 5.42. The maximum Gasteiger partial charge on any atom is 0.251 e. The molecule has 1 aromatic heterocycles. The van der Waals surface area contributed by atoms with Crippen LogP contribution in [-0.4, -0.2) is 15.7 Å². The molecule has 5 nitrogen and oxygen atoms in total. The van der Waals surface area contributed by atoms with Crippen molar-refractivity contribution >= 4 is 17.5 Å². The molecular formula is C24H28ClN3O2. The van der Waals surface area contributed by atoms with Crippen LogP contribution >= 0.6 is 11.6 Å². The molecule has 0 fully saturated rings. The summed E-state index contributed by atoms with van der Waals surface area (Å²) >= 11 is 6.16. The fourth-order valence-corrected chi connectivity index (χ4v) is 3.33. The Balaban J connectivity index is 1.60. The molecule has 0 atom stereocenters. The molecule has 0 aliphatic heterocycles. The Morgan fingerprint density at radius 2 is 1.90 bits per heavy atom. The summed E-state index contributed by atoms with van der Waals surface area (Å²) in [6, 6.07) is 15.6. The highest BCUT2D eigenvalue weighted by atomic mass is 35.5. The zero-order valence-electron chi connectivity index (χ0n) is 17.9. The van der Waals surface area contributed by atoms with E-state index >= 15 is 0 Å². The lowest BCUT2D eigenvalue weighted by atomic mass is 9.87. The molecule has 1 N–H and O–H groups in total. The first-order valence-electron chi connectivity index (χ1n) is 10.1. The van der Waals surface area contributed by atoms with Gasteiger partial charge in [-0.1, -0.05) is 56.6 Å². The van der Waals surface area contributed by atoms with Gasteiger partial charge >= 0.3 is 0 Å². The molecule has 0 unspecified atom stereocenters. The third-order valence-electron chi connectivity index (χ3n) is 4.93. The Morgan fingerprint density at radius 3 is 2.57 bits per heavy atom. The van der Waals surface area contributed by atoms with E-state index in [1.165, 1.54) is 5.56 Å². The quantitative estimate of drug-likeness (QED) is 0.554. The van der Waals surface area contributed by atoms with Crippen LogP contribution in [0.25, 0.3) is 0 Å². The first-order chi connectivity index (χ1) is 14.3. The smallest absolute Gasteiger partial charge is 0.251 e. The van der Waals surface area contributed by atoms with Gasteiger partial charge in [0.1, 0.15) is 12.4 Å². The zero-order chi connectivity index (χ0) is 21.7. The normalized spacial score (nSPS) is 11.4. The third-order valence-corrected chi connectivity index (χ3v) is 5.24. The topological polar surface area (TPSA) is 56.2 Å². The van der Waals surface area contributed by atoms with Gasteiger partial charge in [0.05, 0.1) is 23.5 Å². The van der Waals surface area contributed by atoms with Crippen LogP contribution in [0.4, 0.5) is 0 Å². The molecule has 0 saturated heterocycles. The number of aromatic nitrogens is 2. The van der Waals surface area contributed by atoms with Gasteiger partial charge in [-0.3, -0.25) is 9.48 Å². The standard InChI is InChI=1S/C24H28ClN3O2/c1-5-28-22(21(25)14-27-28)15-26-23(29)18-8-6-7-17(13-18)16-30-20-11-9-19(10-12-20)24(2,3)4/h6-14H,5,15-16H2,1-4H3,(H,26,29). The molecule has 2 aromatic carbocycles. The van der Waals surface area contributed by atoms with Crippen molar-refractivity contribution in [2.24, 2.45) is 0 Å². The van der Waals surface area contributed by atoms with E-state index in [0.717, 1.165) is 17.0 Å². The molecular weight excluding hydrogens is 398 g/mol. The Morgan fingerprint density at radius 1 is 1.17 bits per heavy atom. The molecule has 1 amide bonds. The molecule has 3 aromatic rings. The van der Waals surface area contributed by atoms with Crippen molar-refractivity contribution in [3.63, 3.8) is 0 Å². The summed E-state index contributed by atoms with van der Waals surface area (Å²) in [6.45, 7) is 9.95. The van der Waals surface area contributed by atoms with Crippen LogP contribution in [0.2, 0.25) is 5.02 Å². The van der Waals surface area contributed by atoms with Crippen LogP contribution in [0.15, 0.2) is 54.7 Å². The average Bonchev–Trinajstić information content (AvgIpc) is 3.10. The van der Waals surface area contributed by atoms with Crippen LogP contribution < -0.4 is 10.1 Å². The number of hydrogen-bond acceptors (Lipinski definition) is 3. The number of hydrogen-bond donors (Lipinski definition) is 1. The number of benzene rings is 2. The van der Waals surface area contributed by atoms with Crippen LogP contribution in [0.5, 0.6) is 5.75 Å². The number of nitrogens with one attached hydrogen (secondary N) is 1. The number of ether oxygens (including phenoxy) is 1. The van der Waals surface area contributed by atoms with Crippen molar-refractivity contribution in [3.8, 4) is 5.75 Å². The molecule has 0 aliphatic carbocycles. The monoisotopic (exact) mass is 425 g/mol. The lowest BCUT2D eigenvalue weighted by Gasteiger charge is -2.19. The second-order valence-corrected chi connectivity index (χ2v) is 8.61. The van der Waals surface area contributed by atoms with Gasteiger partial charge in [-0.2, -0.15) is 5.10 Å². The van der Waals surface area contributed by atoms with Crippen LogP contribution in [-0.2, 0) is 25.1 Å². The van der Waals surface area contributed by atoms with Gasteiger partial charge in [0.15, 0.2) is 0 Å². The van der Waals surface area contributed by atoms with E-state index < -0.39 is 0 Å². The summed E-state index contributed by atoms with van der Waals surface area (Å²) in [6.07, 6.45) is 1.60. The minimum absolute atomic E-state index is 0.110. The van der Waals surface area contributed by atoms with Crippen molar-refractivity contribution in [2.45, 2.75) is 52.8 Å². The summed E-state index contributed by atoms with van der Waals surface area (Å²) in [5.41, 5.74) is 3.68. The van der Waals surface area contributed by atoms with Crippen molar-refractivity contribution in [1.82, 2.24) is 15.1 Å². The Labute approximate surface area is 183 Å². The average molecular weight is 426 g/mol. The highest BCUT2D eigenvalue weighted by Gasteiger charge is 2.13. The van der Waals surface area contributed by atoms with Gasteiger partial charge in [0.25, 0.3) is 5.91 Å². The number of amides is 1. The lowest BCUT2D eigenvalue weighted by Crippen LogP contribution is -2.24. The molecule has 3 rings (SSSR count). The summed E-state index contributed by atoms with van der Waals surface area (Å²) in [7, 11) is 0. The fourth-order valence-electron chi connectivity index (χ4n) is 3.12. The number of carbonyl (C=O) groups excluding carboxylic acids is 1. The van der Waals surface area contributed by atoms with E-state index in [9.17, 15) is 4.79 Å². The lowest BCUT2D eigenvalue weighted by molar-refractivity contribution is 0.0949. The maximum atomic E-state index is 12.6. The molecule has 0 radical (unpaired) electrons. The molecule has 0 spiro atoms. The number of carbonyl (C=O) groups is 1. The molecule has 30 heavy (non-hydrogen) atoms. The fraction of sp³-hybridized carbons (Fsp3) is 0.333. The first kappa shape index (κ1) is 21.9. The predicted molar refractivity (Wildman–Crippen MR) is 120 cm³/mol. The van der Waals surface area contributed by atoms with Gasteiger partial charge in [-0.15, -0.1) is 0 Å². The van der Waals surface area contributed by atoms with Gasteiger partial charge in [0.2, 0.25) is 0 Å². The molecule has 1 heterocycles. The predicted octanol–water partition coefficient (Wildman–Crippen LogP) is 5.36. The van der Waals surface area contributed by atoms with Crippen LogP contribution in [0, 0.1) is 0 Å². The highest BCUT2D eigenvalue weighted by molar-refractivity contribution is 6.31. The van der Waals surface area contributed by atoms with Crippen molar-refractivity contribution in [3.05, 3.63) is 82.1 Å². The summed E-state index contributed by atoms with van der Waals surface area (Å²) in [4.78, 5) is 12.6. The van der Waals surface area contributed by atoms with E-state index in [1.807, 2.05) is 37.3 Å². The van der Waals surface area contributed by atoms with Crippen LogP contribution in [0.3, 0.4) is 0 Å². The molecule has 0 saturated carbocycles. The van der Waals surface area contributed by atoms with Crippen molar-refractivity contribution in [2.75, 3.05) is 0 Å². The minimum atomic E-state index is -0.161. The van der Waals surface area contributed by atoms with Crippen molar-refractivity contribution in [1.29, 1.82) is 0 Å². The Hall–Kier alpha value is -2.79. The molecule has 158 valence electrons. The number of aryl methyl sites for hydroxylation is 1. The van der Waals surface area contributed by atoms with E-state index in [-0.39, 0.29) is 11.3 Å². The SMILES string of the molecule is CCn1ncc(Cl)c1CNC(=O)c1cccc(COc2ccc(C(C)(C)C)cc2)c1. The zero-order valence-corrected chi connectivity index (χ0v) is 18.7.